The molecule has 3 aliphatic rings. The Balaban J connectivity index is 2.24. The van der Waals surface area contributed by atoms with Crippen LogP contribution in [0.25, 0.3) is 0 Å². The number of esters is 2. The van der Waals surface area contributed by atoms with Crippen molar-refractivity contribution in [3.8, 4) is 0 Å². The van der Waals surface area contributed by atoms with Crippen molar-refractivity contribution < 1.29 is 29.0 Å². The number of carbonyl (C=O) groups excluding carboxylic acids is 3. The highest BCUT2D eigenvalue weighted by atomic mass is 16.5. The number of carbonyl (C=O) groups is 3. The van der Waals surface area contributed by atoms with Crippen LogP contribution in [0.1, 0.15) is 59.8 Å². The molecule has 6 unspecified atom stereocenters. The van der Waals surface area contributed by atoms with E-state index in [1.54, 1.807) is 13.0 Å². The predicted octanol–water partition coefficient (Wildman–Crippen LogP) is 3.13. The Morgan fingerprint density at radius 1 is 1.24 bits per heavy atom. The zero-order chi connectivity index (χ0) is 21.8. The van der Waals surface area contributed by atoms with E-state index in [9.17, 15) is 19.5 Å². The number of aliphatic hydroxyl groups excluding tert-OH is 1. The first-order valence-corrected chi connectivity index (χ1v) is 10.3. The van der Waals surface area contributed by atoms with Crippen molar-refractivity contribution >= 4 is 17.7 Å². The molecular weight excluding hydrogens is 372 g/mol. The second-order valence-electron chi connectivity index (χ2n) is 9.56. The summed E-state index contributed by atoms with van der Waals surface area (Å²) >= 11 is 0. The van der Waals surface area contributed by atoms with E-state index in [2.05, 4.69) is 6.58 Å². The molecule has 0 aromatic rings. The van der Waals surface area contributed by atoms with Crippen molar-refractivity contribution in [2.24, 2.45) is 22.2 Å². The van der Waals surface area contributed by atoms with Gasteiger partial charge in [-0.25, -0.2) is 0 Å². The summed E-state index contributed by atoms with van der Waals surface area (Å²) in [5.41, 5.74) is -1.21. The van der Waals surface area contributed by atoms with Gasteiger partial charge in [-0.2, -0.15) is 0 Å². The molecule has 29 heavy (non-hydrogen) atoms. The Bertz CT molecular complexity index is 797. The summed E-state index contributed by atoms with van der Waals surface area (Å²) < 4.78 is 10.7. The number of methoxy groups -OCH3 is 1. The van der Waals surface area contributed by atoms with Crippen molar-refractivity contribution in [1.82, 2.24) is 0 Å². The first-order chi connectivity index (χ1) is 13.4. The van der Waals surface area contributed by atoms with Gasteiger partial charge in [0.05, 0.1) is 24.0 Å². The fraction of sp³-hybridized carbons (Fsp3) is 0.696. The number of allylic oxidation sites excluding steroid dienone is 1. The molecule has 160 valence electrons. The molecule has 3 rings (SSSR count). The molecule has 6 nitrogen and oxygen atoms in total. The lowest BCUT2D eigenvalue weighted by atomic mass is 9.46. The normalized spacial score (nSPS) is 41.9. The van der Waals surface area contributed by atoms with Crippen LogP contribution in [0.15, 0.2) is 23.8 Å². The van der Waals surface area contributed by atoms with Gasteiger partial charge in [-0.1, -0.05) is 19.4 Å². The Morgan fingerprint density at radius 3 is 2.45 bits per heavy atom. The topological polar surface area (TPSA) is 89.9 Å². The summed E-state index contributed by atoms with van der Waals surface area (Å²) in [5.74, 6) is -1.15. The first kappa shape index (κ1) is 21.8. The SMILES string of the molecule is C=CC1(C)CC(O)C2=C(C1=O)C(OC(C)=O)CC1C(C)(C(=O)OC)CCCC21C. The largest absolute Gasteiger partial charge is 0.469 e. The molecule has 0 aromatic carbocycles. The van der Waals surface area contributed by atoms with E-state index in [1.807, 2.05) is 13.8 Å². The van der Waals surface area contributed by atoms with Crippen molar-refractivity contribution in [1.29, 1.82) is 0 Å². The molecule has 0 amide bonds. The summed E-state index contributed by atoms with van der Waals surface area (Å²) in [4.78, 5) is 38.1. The van der Waals surface area contributed by atoms with Crippen LogP contribution in [0, 0.1) is 22.2 Å². The molecule has 0 spiro atoms. The van der Waals surface area contributed by atoms with Crippen LogP contribution in [0.4, 0.5) is 0 Å². The van der Waals surface area contributed by atoms with E-state index in [-0.39, 0.29) is 24.1 Å². The van der Waals surface area contributed by atoms with Gasteiger partial charge < -0.3 is 14.6 Å². The minimum absolute atomic E-state index is 0.149. The summed E-state index contributed by atoms with van der Waals surface area (Å²) in [6, 6.07) is 0. The van der Waals surface area contributed by atoms with Crippen LogP contribution in [-0.4, -0.2) is 42.1 Å². The summed E-state index contributed by atoms with van der Waals surface area (Å²) in [6.45, 7) is 10.8. The highest BCUT2D eigenvalue weighted by Crippen LogP contribution is 2.63. The molecule has 1 fully saturated rings. The monoisotopic (exact) mass is 404 g/mol. The average molecular weight is 405 g/mol. The average Bonchev–Trinajstić information content (AvgIpc) is 2.65. The number of Topliss-reactive ketones (excluding diaryl/α,β-unsaturated/α-hetero) is 1. The van der Waals surface area contributed by atoms with Crippen LogP contribution in [0.2, 0.25) is 0 Å². The standard InChI is InChI=1S/C23H32O6/c1-7-21(3)12-14(25)18-17(19(21)26)15(29-13(2)24)11-16-22(18,4)9-8-10-23(16,5)20(27)28-6/h7,14-16,25H,1,8-12H2,2-6H3. The van der Waals surface area contributed by atoms with Gasteiger partial charge in [0.2, 0.25) is 0 Å². The highest BCUT2D eigenvalue weighted by Gasteiger charge is 2.62. The number of aliphatic hydroxyl groups is 1. The van der Waals surface area contributed by atoms with Gasteiger partial charge in [0.15, 0.2) is 5.78 Å². The second kappa shape index (κ2) is 7.08. The molecule has 0 bridgehead atoms. The van der Waals surface area contributed by atoms with Crippen molar-refractivity contribution in [2.45, 2.75) is 72.0 Å². The van der Waals surface area contributed by atoms with Gasteiger partial charge in [-0.15, -0.1) is 6.58 Å². The Labute approximate surface area is 172 Å². The number of hydrogen-bond acceptors (Lipinski definition) is 6. The third kappa shape index (κ3) is 3.07. The first-order valence-electron chi connectivity index (χ1n) is 10.3. The summed E-state index contributed by atoms with van der Waals surface area (Å²) in [6.07, 6.45) is 2.70. The van der Waals surface area contributed by atoms with Crippen molar-refractivity contribution in [3.05, 3.63) is 23.8 Å². The lowest BCUT2D eigenvalue weighted by molar-refractivity contribution is -0.168. The number of ether oxygens (including phenoxy) is 2. The van der Waals surface area contributed by atoms with E-state index in [1.165, 1.54) is 14.0 Å². The molecule has 1 saturated carbocycles. The summed E-state index contributed by atoms with van der Waals surface area (Å²) in [7, 11) is 1.38. The number of rotatable bonds is 3. The quantitative estimate of drug-likeness (QED) is 0.574. The minimum atomic E-state index is -0.917. The van der Waals surface area contributed by atoms with Gasteiger partial charge in [0, 0.05) is 12.5 Å². The van der Waals surface area contributed by atoms with Gasteiger partial charge >= 0.3 is 11.9 Å². The van der Waals surface area contributed by atoms with Crippen molar-refractivity contribution in [3.63, 3.8) is 0 Å². The van der Waals surface area contributed by atoms with Crippen LogP contribution < -0.4 is 0 Å². The third-order valence-corrected chi connectivity index (χ3v) is 7.73. The Morgan fingerprint density at radius 2 is 1.90 bits per heavy atom. The van der Waals surface area contributed by atoms with Gasteiger partial charge in [0.1, 0.15) is 6.10 Å². The molecule has 6 atom stereocenters. The lowest BCUT2D eigenvalue weighted by Crippen LogP contribution is -2.58. The van der Waals surface area contributed by atoms with Gasteiger partial charge in [-0.05, 0) is 56.4 Å². The molecular formula is C23H32O6. The molecule has 1 N–H and O–H groups in total. The molecule has 3 aliphatic carbocycles. The number of ketones is 1. The highest BCUT2D eigenvalue weighted by molar-refractivity contribution is 6.04. The maximum Gasteiger partial charge on any atom is 0.311 e. The molecule has 0 radical (unpaired) electrons. The number of hydrogen-bond donors (Lipinski definition) is 1. The lowest BCUT2D eigenvalue weighted by Gasteiger charge is -2.58. The third-order valence-electron chi connectivity index (χ3n) is 7.73. The molecule has 0 aromatic heterocycles. The molecule has 0 saturated heterocycles. The van der Waals surface area contributed by atoms with Crippen molar-refractivity contribution in [2.75, 3.05) is 7.11 Å². The van der Waals surface area contributed by atoms with E-state index in [0.717, 1.165) is 12.8 Å². The van der Waals surface area contributed by atoms with E-state index < -0.39 is 34.4 Å². The zero-order valence-corrected chi connectivity index (χ0v) is 18.0. The van der Waals surface area contributed by atoms with Crippen LogP contribution in [0.3, 0.4) is 0 Å². The number of fused-ring (bicyclic) bond motifs is 2. The molecule has 0 aliphatic heterocycles. The maximum atomic E-state index is 13.5. The Hall–Kier alpha value is -1.95. The maximum absolute atomic E-state index is 13.5. The summed E-state index contributed by atoms with van der Waals surface area (Å²) in [5, 5.41) is 11.2. The fourth-order valence-electron chi connectivity index (χ4n) is 6.22. The molecule has 0 heterocycles. The van der Waals surface area contributed by atoms with E-state index in [4.69, 9.17) is 9.47 Å². The van der Waals surface area contributed by atoms with Gasteiger partial charge in [0.25, 0.3) is 0 Å². The van der Waals surface area contributed by atoms with E-state index >= 15 is 0 Å². The van der Waals surface area contributed by atoms with Crippen LogP contribution >= 0.6 is 0 Å². The van der Waals surface area contributed by atoms with Gasteiger partial charge in [-0.3, -0.25) is 14.4 Å². The predicted molar refractivity (Wildman–Crippen MR) is 107 cm³/mol. The van der Waals surface area contributed by atoms with Crippen LogP contribution in [0.5, 0.6) is 0 Å². The zero-order valence-electron chi connectivity index (χ0n) is 18.0. The Kier molecular flexibility index (Phi) is 5.31. The fourth-order valence-corrected chi connectivity index (χ4v) is 6.22. The van der Waals surface area contributed by atoms with Crippen LogP contribution in [-0.2, 0) is 23.9 Å². The smallest absolute Gasteiger partial charge is 0.311 e. The molecule has 6 heteroatoms. The second-order valence-corrected chi connectivity index (χ2v) is 9.56. The minimum Gasteiger partial charge on any atom is -0.469 e. The van der Waals surface area contributed by atoms with E-state index in [0.29, 0.717) is 24.0 Å².